The first kappa shape index (κ1) is 13.1. The van der Waals surface area contributed by atoms with E-state index in [1.807, 2.05) is 17.8 Å². The predicted octanol–water partition coefficient (Wildman–Crippen LogP) is -0.0233. The van der Waals surface area contributed by atoms with Crippen molar-refractivity contribution in [2.45, 2.75) is 20.0 Å². The van der Waals surface area contributed by atoms with Crippen LogP contribution in [0, 0.1) is 6.92 Å². The number of nitrogens with zero attached hydrogens (tertiary/aromatic N) is 5. The van der Waals surface area contributed by atoms with Gasteiger partial charge in [0.2, 0.25) is 5.89 Å². The third-order valence-electron chi connectivity index (χ3n) is 2.57. The van der Waals surface area contributed by atoms with Gasteiger partial charge in [-0.05, 0) is 6.07 Å². The lowest BCUT2D eigenvalue weighted by atomic mass is 10.4. The number of aryl methyl sites for hydroxylation is 2. The van der Waals surface area contributed by atoms with E-state index in [1.165, 1.54) is 0 Å². The predicted molar refractivity (Wildman–Crippen MR) is 69.3 cm³/mol. The van der Waals surface area contributed by atoms with Crippen LogP contribution in [0.4, 0.5) is 0 Å². The maximum absolute atomic E-state index is 4.89. The van der Waals surface area contributed by atoms with E-state index in [-0.39, 0.29) is 0 Å². The van der Waals surface area contributed by atoms with Crippen molar-refractivity contribution in [3.8, 4) is 0 Å². The van der Waals surface area contributed by atoms with Gasteiger partial charge in [0.25, 0.3) is 0 Å². The van der Waals surface area contributed by atoms with E-state index in [2.05, 4.69) is 30.9 Å². The fourth-order valence-corrected chi connectivity index (χ4v) is 1.55. The van der Waals surface area contributed by atoms with Gasteiger partial charge in [-0.15, -0.1) is 0 Å². The van der Waals surface area contributed by atoms with Gasteiger partial charge in [0, 0.05) is 27.2 Å². The van der Waals surface area contributed by atoms with Crippen LogP contribution in [0.3, 0.4) is 0 Å². The van der Waals surface area contributed by atoms with Crippen molar-refractivity contribution in [2.75, 3.05) is 7.05 Å². The topological polar surface area (TPSA) is 93.2 Å². The monoisotopic (exact) mass is 263 g/mol. The van der Waals surface area contributed by atoms with E-state index in [0.717, 1.165) is 5.69 Å². The van der Waals surface area contributed by atoms with Crippen molar-refractivity contribution in [2.24, 2.45) is 12.0 Å². The van der Waals surface area contributed by atoms with Crippen molar-refractivity contribution >= 4 is 5.96 Å². The van der Waals surface area contributed by atoms with E-state index in [1.54, 1.807) is 20.2 Å². The Kier molecular flexibility index (Phi) is 4.11. The molecule has 102 valence electrons. The lowest BCUT2D eigenvalue weighted by Gasteiger charge is -2.10. The summed E-state index contributed by atoms with van der Waals surface area (Å²) in [5, 5.41) is 14.2. The summed E-state index contributed by atoms with van der Waals surface area (Å²) in [5.74, 6) is 1.82. The van der Waals surface area contributed by atoms with Crippen LogP contribution in [0.2, 0.25) is 0 Å². The Morgan fingerprint density at radius 1 is 1.42 bits per heavy atom. The molecule has 0 amide bonds. The smallest absolute Gasteiger partial charge is 0.223 e. The van der Waals surface area contributed by atoms with Crippen LogP contribution in [0.15, 0.2) is 21.8 Å². The summed E-state index contributed by atoms with van der Waals surface area (Å²) in [5.41, 5.74) is 1.07. The molecule has 2 N–H and O–H groups in total. The third-order valence-corrected chi connectivity index (χ3v) is 2.57. The van der Waals surface area contributed by atoms with Crippen LogP contribution in [0.5, 0.6) is 0 Å². The van der Waals surface area contributed by atoms with Crippen molar-refractivity contribution < 1.29 is 4.52 Å². The molecule has 0 aliphatic rings. The lowest BCUT2D eigenvalue weighted by molar-refractivity contribution is 0.387. The Bertz CT molecular complexity index is 557. The molecule has 0 saturated heterocycles. The summed E-state index contributed by atoms with van der Waals surface area (Å²) >= 11 is 0. The van der Waals surface area contributed by atoms with Crippen molar-refractivity contribution in [3.05, 3.63) is 29.7 Å². The molecule has 0 saturated carbocycles. The molecule has 0 bridgehead atoms. The Labute approximate surface area is 110 Å². The van der Waals surface area contributed by atoms with Gasteiger partial charge in [0.15, 0.2) is 11.8 Å². The molecule has 2 rings (SSSR count). The van der Waals surface area contributed by atoms with Gasteiger partial charge in [0.1, 0.15) is 0 Å². The number of aliphatic imine (C=N–C) groups is 1. The molecule has 2 aromatic rings. The zero-order chi connectivity index (χ0) is 13.7. The first-order chi connectivity index (χ1) is 9.19. The number of rotatable bonds is 4. The molecule has 2 aromatic heterocycles. The number of guanidine groups is 1. The van der Waals surface area contributed by atoms with Crippen LogP contribution in [0.25, 0.3) is 0 Å². The number of hydrogen-bond acceptors (Lipinski definition) is 5. The first-order valence-electron chi connectivity index (χ1n) is 5.89. The fraction of sp³-hybridized carbons (Fsp3) is 0.455. The summed E-state index contributed by atoms with van der Waals surface area (Å²) in [6.07, 6.45) is 1.76. The highest BCUT2D eigenvalue weighted by Crippen LogP contribution is 1.96. The van der Waals surface area contributed by atoms with E-state index in [9.17, 15) is 0 Å². The second-order valence-electron chi connectivity index (χ2n) is 3.96. The Balaban J connectivity index is 1.82. The quantitative estimate of drug-likeness (QED) is 0.594. The van der Waals surface area contributed by atoms with Gasteiger partial charge in [-0.25, -0.2) is 0 Å². The zero-order valence-corrected chi connectivity index (χ0v) is 11.2. The maximum atomic E-state index is 4.89. The number of nitrogens with one attached hydrogen (secondary N) is 2. The van der Waals surface area contributed by atoms with E-state index < -0.39 is 0 Å². The molecule has 0 aliphatic carbocycles. The van der Waals surface area contributed by atoms with E-state index >= 15 is 0 Å². The van der Waals surface area contributed by atoms with Crippen molar-refractivity contribution in [3.63, 3.8) is 0 Å². The Morgan fingerprint density at radius 2 is 2.21 bits per heavy atom. The third kappa shape index (κ3) is 3.54. The van der Waals surface area contributed by atoms with E-state index in [0.29, 0.717) is 30.8 Å². The highest BCUT2D eigenvalue weighted by Gasteiger charge is 2.04. The first-order valence-corrected chi connectivity index (χ1v) is 5.89. The maximum Gasteiger partial charge on any atom is 0.223 e. The summed E-state index contributed by atoms with van der Waals surface area (Å²) in [6, 6.07) is 1.95. The summed E-state index contributed by atoms with van der Waals surface area (Å²) in [6.45, 7) is 2.86. The Hall–Kier alpha value is -2.38. The summed E-state index contributed by atoms with van der Waals surface area (Å²) in [7, 11) is 3.61. The largest absolute Gasteiger partial charge is 0.351 e. The number of hydrogen-bond donors (Lipinski definition) is 2. The van der Waals surface area contributed by atoms with E-state index in [4.69, 9.17) is 4.52 Å². The molecule has 0 atom stereocenters. The minimum absolute atomic E-state index is 0.461. The molecule has 0 aromatic carbocycles. The highest BCUT2D eigenvalue weighted by molar-refractivity contribution is 5.79. The van der Waals surface area contributed by atoms with Crippen LogP contribution in [-0.4, -0.2) is 32.9 Å². The molecule has 0 unspecified atom stereocenters. The molecule has 0 radical (unpaired) electrons. The second kappa shape index (κ2) is 5.98. The SMILES string of the molecule is CN=C(NCc1noc(C)n1)NCc1ccnn1C. The zero-order valence-electron chi connectivity index (χ0n) is 11.2. The molecule has 2 heterocycles. The van der Waals surface area contributed by atoms with Crippen molar-refractivity contribution in [1.29, 1.82) is 0 Å². The average molecular weight is 263 g/mol. The minimum Gasteiger partial charge on any atom is -0.351 e. The molecule has 0 fully saturated rings. The molecule has 8 heteroatoms. The van der Waals surface area contributed by atoms with Crippen molar-refractivity contribution in [1.82, 2.24) is 30.6 Å². The van der Waals surface area contributed by atoms with Gasteiger partial charge >= 0.3 is 0 Å². The molecule has 0 spiro atoms. The van der Waals surface area contributed by atoms with Gasteiger partial charge in [-0.2, -0.15) is 10.1 Å². The summed E-state index contributed by atoms with van der Waals surface area (Å²) in [4.78, 5) is 8.22. The highest BCUT2D eigenvalue weighted by atomic mass is 16.5. The lowest BCUT2D eigenvalue weighted by Crippen LogP contribution is -2.37. The van der Waals surface area contributed by atoms with Crippen LogP contribution >= 0.6 is 0 Å². The van der Waals surface area contributed by atoms with Gasteiger partial charge < -0.3 is 15.2 Å². The molecule has 19 heavy (non-hydrogen) atoms. The van der Waals surface area contributed by atoms with Crippen LogP contribution < -0.4 is 10.6 Å². The standard InChI is InChI=1S/C11H17N7O/c1-8-16-10(17-19-8)7-14-11(12-2)13-6-9-4-5-15-18(9)3/h4-5H,6-7H2,1-3H3,(H2,12,13,14). The second-order valence-corrected chi connectivity index (χ2v) is 3.96. The molecular formula is C11H17N7O. The van der Waals surface area contributed by atoms with Gasteiger partial charge in [-0.3, -0.25) is 9.67 Å². The molecular weight excluding hydrogens is 246 g/mol. The summed E-state index contributed by atoms with van der Waals surface area (Å²) < 4.78 is 6.70. The van der Waals surface area contributed by atoms with Gasteiger partial charge in [-0.1, -0.05) is 5.16 Å². The minimum atomic E-state index is 0.461. The number of aromatic nitrogens is 4. The van der Waals surface area contributed by atoms with Crippen LogP contribution in [0.1, 0.15) is 17.4 Å². The fourth-order valence-electron chi connectivity index (χ4n) is 1.55. The molecule has 0 aliphatic heterocycles. The molecule has 8 nitrogen and oxygen atoms in total. The van der Waals surface area contributed by atoms with Gasteiger partial charge in [0.05, 0.1) is 18.8 Å². The normalized spacial score (nSPS) is 11.6. The van der Waals surface area contributed by atoms with Crippen LogP contribution in [-0.2, 0) is 20.1 Å². The average Bonchev–Trinajstić information content (AvgIpc) is 2.99. The Morgan fingerprint density at radius 3 is 2.79 bits per heavy atom.